The van der Waals surface area contributed by atoms with Crippen LogP contribution in [0, 0.1) is 71.0 Å². The number of para-hydroxylation sites is 2. The fourth-order valence-corrected chi connectivity index (χ4v) is 2.55. The van der Waals surface area contributed by atoms with Gasteiger partial charge in [0.25, 0.3) is 0 Å². The SMILES string of the molecule is CCOC(=O)N(c1ccccc1)c1ccccc1.OCC#CC#CCCC#CC#CCCC#CC#CCO. The maximum absolute atomic E-state index is 12.0. The lowest BCUT2D eigenvalue weighted by atomic mass is 10.2. The van der Waals surface area contributed by atoms with Gasteiger partial charge in [-0.1, -0.05) is 71.9 Å². The minimum absolute atomic E-state index is 0.164. The number of hydrogen-bond donors (Lipinski definition) is 2. The van der Waals surface area contributed by atoms with Gasteiger partial charge < -0.3 is 14.9 Å². The molecule has 0 aliphatic carbocycles. The smallest absolute Gasteiger partial charge is 0.418 e. The highest BCUT2D eigenvalue weighted by Crippen LogP contribution is 2.25. The molecule has 5 heteroatoms. The van der Waals surface area contributed by atoms with Gasteiger partial charge in [-0.05, 0) is 66.7 Å². The van der Waals surface area contributed by atoms with Crippen LogP contribution in [0.4, 0.5) is 16.2 Å². The number of unbranched alkanes of at least 4 members (excludes halogenated alkanes) is 2. The van der Waals surface area contributed by atoms with Crippen LogP contribution in [-0.4, -0.2) is 36.1 Å². The molecule has 2 N–H and O–H groups in total. The van der Waals surface area contributed by atoms with E-state index in [1.54, 1.807) is 11.8 Å². The third-order valence-corrected chi connectivity index (χ3v) is 4.11. The summed E-state index contributed by atoms with van der Waals surface area (Å²) in [6.45, 7) is 1.83. The van der Waals surface area contributed by atoms with Crippen molar-refractivity contribution in [1.29, 1.82) is 0 Å². The van der Waals surface area contributed by atoms with Gasteiger partial charge in [0, 0.05) is 25.7 Å². The number of benzene rings is 2. The van der Waals surface area contributed by atoms with Crippen LogP contribution in [-0.2, 0) is 4.74 Å². The molecule has 2 aromatic rings. The van der Waals surface area contributed by atoms with Crippen molar-refractivity contribution in [3.8, 4) is 71.0 Å². The lowest BCUT2D eigenvalue weighted by Gasteiger charge is -2.21. The van der Waals surface area contributed by atoms with E-state index in [0.717, 1.165) is 11.4 Å². The molecule has 2 rings (SSSR count). The molecule has 0 heterocycles. The lowest BCUT2D eigenvalue weighted by molar-refractivity contribution is 0.162. The van der Waals surface area contributed by atoms with Crippen molar-refractivity contribution in [3.05, 3.63) is 60.7 Å². The first-order valence-electron chi connectivity index (χ1n) is 11.9. The number of carbonyl (C=O) groups is 1. The third-order valence-electron chi connectivity index (χ3n) is 4.11. The molecule has 0 spiro atoms. The van der Waals surface area contributed by atoms with E-state index in [-0.39, 0.29) is 19.3 Å². The fourth-order valence-electron chi connectivity index (χ4n) is 2.55. The molecule has 0 aromatic heterocycles. The largest absolute Gasteiger partial charge is 0.449 e. The Balaban J connectivity index is 0.000000381. The van der Waals surface area contributed by atoms with E-state index in [2.05, 4.69) is 71.0 Å². The molecule has 0 bridgehead atoms. The zero-order valence-corrected chi connectivity index (χ0v) is 21.4. The van der Waals surface area contributed by atoms with E-state index < -0.39 is 0 Å². The number of aliphatic hydroxyl groups is 2. The second-order valence-corrected chi connectivity index (χ2v) is 6.83. The average Bonchev–Trinajstić information content (AvgIpc) is 2.95. The Morgan fingerprint density at radius 1 is 0.632 bits per heavy atom. The van der Waals surface area contributed by atoms with Crippen LogP contribution in [0.3, 0.4) is 0 Å². The topological polar surface area (TPSA) is 70.0 Å². The maximum Gasteiger partial charge on any atom is 0.418 e. The van der Waals surface area contributed by atoms with Crippen molar-refractivity contribution in [2.24, 2.45) is 0 Å². The number of carbonyl (C=O) groups excluding carboxylic acids is 1. The summed E-state index contributed by atoms with van der Waals surface area (Å²) in [5.41, 5.74) is 1.59. The van der Waals surface area contributed by atoms with Gasteiger partial charge in [-0.2, -0.15) is 0 Å². The van der Waals surface area contributed by atoms with Gasteiger partial charge in [-0.3, -0.25) is 0 Å². The van der Waals surface area contributed by atoms with Crippen LogP contribution in [0.1, 0.15) is 32.6 Å². The Hall–Kier alpha value is -5.01. The van der Waals surface area contributed by atoms with Crippen molar-refractivity contribution in [3.63, 3.8) is 0 Å². The summed E-state index contributed by atoms with van der Waals surface area (Å²) in [5.74, 6) is 32.0. The normalized spacial score (nSPS) is 7.97. The van der Waals surface area contributed by atoms with Crippen LogP contribution in [0.15, 0.2) is 60.7 Å². The molecule has 0 saturated heterocycles. The summed E-state index contributed by atoms with van der Waals surface area (Å²) in [6.07, 6.45) is 2.22. The number of anilines is 2. The molecular formula is C33H29NO4. The molecule has 0 unspecified atom stereocenters. The summed E-state index contributed by atoms with van der Waals surface area (Å²) in [5, 5.41) is 16.8. The predicted molar refractivity (Wildman–Crippen MR) is 151 cm³/mol. The van der Waals surface area contributed by atoms with E-state index in [0.29, 0.717) is 32.3 Å². The van der Waals surface area contributed by atoms with Crippen LogP contribution in [0.5, 0.6) is 0 Å². The minimum Gasteiger partial charge on any atom is -0.449 e. The van der Waals surface area contributed by atoms with Gasteiger partial charge >= 0.3 is 6.09 Å². The third kappa shape index (κ3) is 15.1. The Labute approximate surface area is 226 Å². The maximum atomic E-state index is 12.0. The summed E-state index contributed by atoms with van der Waals surface area (Å²) in [4.78, 5) is 13.6. The highest BCUT2D eigenvalue weighted by molar-refractivity contribution is 5.95. The summed E-state index contributed by atoms with van der Waals surface area (Å²) < 4.78 is 5.10. The molecule has 2 aromatic carbocycles. The zero-order chi connectivity index (χ0) is 27.5. The lowest BCUT2D eigenvalue weighted by Crippen LogP contribution is -2.26. The molecule has 0 atom stereocenters. The molecule has 5 nitrogen and oxygen atoms in total. The minimum atomic E-state index is -0.366. The Morgan fingerprint density at radius 2 is 0.974 bits per heavy atom. The second kappa shape index (κ2) is 22.5. The first-order valence-corrected chi connectivity index (χ1v) is 11.9. The van der Waals surface area contributed by atoms with E-state index >= 15 is 0 Å². The van der Waals surface area contributed by atoms with Gasteiger partial charge in [0.05, 0.1) is 18.0 Å². The molecule has 0 saturated carbocycles. The zero-order valence-electron chi connectivity index (χ0n) is 21.4. The summed E-state index contributed by atoms with van der Waals surface area (Å²) in [7, 11) is 0. The van der Waals surface area contributed by atoms with Crippen LogP contribution in [0.25, 0.3) is 0 Å². The molecule has 190 valence electrons. The van der Waals surface area contributed by atoms with Crippen molar-refractivity contribution in [2.45, 2.75) is 32.6 Å². The van der Waals surface area contributed by atoms with Gasteiger partial charge in [0.1, 0.15) is 13.2 Å². The Morgan fingerprint density at radius 3 is 1.29 bits per heavy atom. The fraction of sp³-hybridized carbons (Fsp3) is 0.242. The Kier molecular flexibility index (Phi) is 18.3. The number of nitrogens with zero attached hydrogens (tertiary/aromatic N) is 1. The van der Waals surface area contributed by atoms with Gasteiger partial charge in [-0.15, -0.1) is 0 Å². The predicted octanol–water partition coefficient (Wildman–Crippen LogP) is 4.53. The Bertz CT molecular complexity index is 1250. The van der Waals surface area contributed by atoms with E-state index in [4.69, 9.17) is 14.9 Å². The van der Waals surface area contributed by atoms with E-state index in [1.165, 1.54) is 0 Å². The average molecular weight is 504 g/mol. The first kappa shape index (κ1) is 31.0. The summed E-state index contributed by atoms with van der Waals surface area (Å²) >= 11 is 0. The van der Waals surface area contributed by atoms with Crippen molar-refractivity contribution < 1.29 is 19.7 Å². The molecular weight excluding hydrogens is 474 g/mol. The van der Waals surface area contributed by atoms with Crippen LogP contribution in [0.2, 0.25) is 0 Å². The first-order chi connectivity index (χ1) is 18.7. The van der Waals surface area contributed by atoms with E-state index in [1.807, 2.05) is 60.7 Å². The standard InChI is InChI=1S/C18H14O2.C15H15NO2/c19-17-15-13-11-9-7-5-3-1-2-4-6-8-10-12-14-16-18-20;1-2-18-15(17)16(13-9-5-3-6-10-13)14-11-7-4-8-12-14/h19-20H,5-8,17-18H2;3-12H,2H2,1H3. The number of aliphatic hydroxyl groups excluding tert-OH is 2. The summed E-state index contributed by atoms with van der Waals surface area (Å²) in [6, 6.07) is 18.9. The number of hydrogen-bond acceptors (Lipinski definition) is 4. The van der Waals surface area contributed by atoms with Crippen molar-refractivity contribution in [1.82, 2.24) is 0 Å². The quantitative estimate of drug-likeness (QED) is 0.465. The monoisotopic (exact) mass is 503 g/mol. The van der Waals surface area contributed by atoms with Gasteiger partial charge in [-0.25, -0.2) is 9.69 Å². The van der Waals surface area contributed by atoms with Crippen LogP contribution < -0.4 is 4.90 Å². The molecule has 0 radical (unpaired) electrons. The second-order valence-electron chi connectivity index (χ2n) is 6.83. The highest BCUT2D eigenvalue weighted by Gasteiger charge is 2.18. The number of ether oxygens (including phenoxy) is 1. The molecule has 38 heavy (non-hydrogen) atoms. The van der Waals surface area contributed by atoms with Crippen LogP contribution >= 0.6 is 0 Å². The van der Waals surface area contributed by atoms with Crippen molar-refractivity contribution >= 4 is 17.5 Å². The van der Waals surface area contributed by atoms with Crippen molar-refractivity contribution in [2.75, 3.05) is 24.7 Å². The molecule has 0 aliphatic heterocycles. The highest BCUT2D eigenvalue weighted by atomic mass is 16.6. The number of amides is 1. The van der Waals surface area contributed by atoms with Gasteiger partial charge in [0.2, 0.25) is 0 Å². The molecule has 1 amide bonds. The van der Waals surface area contributed by atoms with Gasteiger partial charge in [0.15, 0.2) is 0 Å². The molecule has 0 fully saturated rings. The number of rotatable bonds is 5. The molecule has 0 aliphatic rings. The van der Waals surface area contributed by atoms with E-state index in [9.17, 15) is 4.79 Å².